The highest BCUT2D eigenvalue weighted by Crippen LogP contribution is 2.37. The van der Waals surface area contributed by atoms with Crippen LogP contribution in [0.3, 0.4) is 0 Å². The van der Waals surface area contributed by atoms with Crippen molar-refractivity contribution in [1.82, 2.24) is 0 Å². The van der Waals surface area contributed by atoms with Gasteiger partial charge in [-0.2, -0.15) is 0 Å². The minimum Gasteiger partial charge on any atom is -0.497 e. The molecule has 0 aliphatic heterocycles. The molecular formula is C12H15N3O3. The summed E-state index contributed by atoms with van der Waals surface area (Å²) in [7, 11) is 1.58. The van der Waals surface area contributed by atoms with Crippen LogP contribution < -0.4 is 4.74 Å². The summed E-state index contributed by atoms with van der Waals surface area (Å²) in [4.78, 5) is 2.69. The van der Waals surface area contributed by atoms with Gasteiger partial charge in [-0.1, -0.05) is 17.2 Å². The van der Waals surface area contributed by atoms with Gasteiger partial charge >= 0.3 is 0 Å². The Labute approximate surface area is 104 Å². The molecule has 1 fully saturated rings. The lowest BCUT2D eigenvalue weighted by atomic mass is 9.95. The van der Waals surface area contributed by atoms with Crippen LogP contribution in [0.4, 0.5) is 0 Å². The Morgan fingerprint density at radius 1 is 1.28 bits per heavy atom. The van der Waals surface area contributed by atoms with Crippen molar-refractivity contribution in [3.8, 4) is 5.75 Å². The summed E-state index contributed by atoms with van der Waals surface area (Å²) < 4.78 is 5.06. The van der Waals surface area contributed by atoms with E-state index in [0.717, 1.165) is 11.3 Å². The normalized spacial score (nSPS) is 30.8. The molecule has 0 heterocycles. The van der Waals surface area contributed by atoms with Gasteiger partial charge in [-0.25, -0.2) is 0 Å². The van der Waals surface area contributed by atoms with Crippen molar-refractivity contribution in [1.29, 1.82) is 0 Å². The zero-order valence-corrected chi connectivity index (χ0v) is 9.97. The van der Waals surface area contributed by atoms with Crippen molar-refractivity contribution in [2.24, 2.45) is 5.11 Å². The Morgan fingerprint density at radius 2 is 1.94 bits per heavy atom. The second-order valence-electron chi connectivity index (χ2n) is 4.37. The van der Waals surface area contributed by atoms with E-state index in [1.807, 2.05) is 12.1 Å². The lowest BCUT2D eigenvalue weighted by molar-refractivity contribution is 0.0287. The molecule has 0 bridgehead atoms. The van der Waals surface area contributed by atoms with E-state index in [0.29, 0.717) is 6.42 Å². The van der Waals surface area contributed by atoms with Crippen LogP contribution in [-0.4, -0.2) is 35.6 Å². The third-order valence-corrected chi connectivity index (χ3v) is 3.40. The quantitative estimate of drug-likeness (QED) is 0.483. The molecule has 0 unspecified atom stereocenters. The third kappa shape index (κ3) is 2.26. The highest BCUT2D eigenvalue weighted by Gasteiger charge is 2.41. The second kappa shape index (κ2) is 5.27. The first kappa shape index (κ1) is 12.7. The number of nitrogens with zero attached hydrogens (tertiary/aromatic N) is 3. The summed E-state index contributed by atoms with van der Waals surface area (Å²) in [6, 6.07) is 6.72. The SMILES string of the molecule is COc1ccc([C@H]2C[C@@H](N=[N+]=[N-])[C@H](O)[C@@H]2O)cc1. The zero-order valence-electron chi connectivity index (χ0n) is 9.97. The van der Waals surface area contributed by atoms with Crippen molar-refractivity contribution in [2.45, 2.75) is 30.6 Å². The lowest BCUT2D eigenvalue weighted by Gasteiger charge is -2.16. The Bertz CT molecular complexity index is 456. The summed E-state index contributed by atoms with van der Waals surface area (Å²) in [6.45, 7) is 0. The van der Waals surface area contributed by atoms with E-state index in [9.17, 15) is 10.2 Å². The standard InChI is InChI=1S/C12H15N3O3/c1-18-8-4-2-7(3-5-8)9-6-10(14-15-13)12(17)11(9)16/h2-5,9-12,16-17H,6H2,1H3/t9-,10-,11-,12+/m1/s1. The monoisotopic (exact) mass is 249 g/mol. The van der Waals surface area contributed by atoms with Crippen molar-refractivity contribution in [2.75, 3.05) is 7.11 Å². The molecule has 6 nitrogen and oxygen atoms in total. The molecule has 2 rings (SSSR count). The van der Waals surface area contributed by atoms with E-state index in [4.69, 9.17) is 10.3 Å². The first-order chi connectivity index (χ1) is 8.67. The van der Waals surface area contributed by atoms with Gasteiger partial charge in [0, 0.05) is 10.8 Å². The molecule has 0 aromatic heterocycles. The highest BCUT2D eigenvalue weighted by molar-refractivity contribution is 5.31. The Kier molecular flexibility index (Phi) is 3.72. The van der Waals surface area contributed by atoms with E-state index in [1.165, 1.54) is 0 Å². The number of ether oxygens (including phenoxy) is 1. The summed E-state index contributed by atoms with van der Waals surface area (Å²) in [5.41, 5.74) is 9.31. The molecule has 0 spiro atoms. The maximum absolute atomic E-state index is 9.97. The first-order valence-corrected chi connectivity index (χ1v) is 5.71. The van der Waals surface area contributed by atoms with Gasteiger partial charge in [-0.05, 0) is 29.6 Å². The molecule has 96 valence electrons. The molecular weight excluding hydrogens is 234 g/mol. The molecule has 1 aromatic rings. The van der Waals surface area contributed by atoms with Crippen LogP contribution in [0.15, 0.2) is 29.4 Å². The Balaban J connectivity index is 2.20. The third-order valence-electron chi connectivity index (χ3n) is 3.40. The number of hydrogen-bond donors (Lipinski definition) is 2. The summed E-state index contributed by atoms with van der Waals surface area (Å²) >= 11 is 0. The minimum absolute atomic E-state index is 0.221. The molecule has 0 amide bonds. The summed E-state index contributed by atoms with van der Waals surface area (Å²) in [5, 5.41) is 23.3. The molecule has 1 aliphatic rings. The van der Waals surface area contributed by atoms with Crippen LogP contribution in [0, 0.1) is 0 Å². The first-order valence-electron chi connectivity index (χ1n) is 5.71. The number of hydrogen-bond acceptors (Lipinski definition) is 4. The van der Waals surface area contributed by atoms with Gasteiger partial charge in [-0.3, -0.25) is 0 Å². The van der Waals surface area contributed by atoms with E-state index in [-0.39, 0.29) is 5.92 Å². The Hall–Kier alpha value is -1.75. The van der Waals surface area contributed by atoms with Crippen LogP contribution in [-0.2, 0) is 0 Å². The second-order valence-corrected chi connectivity index (χ2v) is 4.37. The lowest BCUT2D eigenvalue weighted by Crippen LogP contribution is -2.29. The summed E-state index contributed by atoms with van der Waals surface area (Å²) in [6.07, 6.45) is -1.47. The van der Waals surface area contributed by atoms with Gasteiger partial charge in [0.15, 0.2) is 0 Å². The van der Waals surface area contributed by atoms with E-state index in [1.54, 1.807) is 19.2 Å². The van der Waals surface area contributed by atoms with Gasteiger partial charge in [0.1, 0.15) is 5.75 Å². The van der Waals surface area contributed by atoms with Gasteiger partial charge in [0.05, 0.1) is 25.4 Å². The number of benzene rings is 1. The number of rotatable bonds is 3. The predicted octanol–water partition coefficient (Wildman–Crippen LogP) is 1.58. The van der Waals surface area contributed by atoms with Crippen LogP contribution in [0.1, 0.15) is 17.9 Å². The molecule has 1 aliphatic carbocycles. The van der Waals surface area contributed by atoms with Crippen molar-refractivity contribution in [3.63, 3.8) is 0 Å². The van der Waals surface area contributed by atoms with Gasteiger partial charge in [0.25, 0.3) is 0 Å². The van der Waals surface area contributed by atoms with Crippen LogP contribution >= 0.6 is 0 Å². The summed E-state index contributed by atoms with van der Waals surface area (Å²) in [5.74, 6) is 0.514. The molecule has 2 N–H and O–H groups in total. The van der Waals surface area contributed by atoms with Gasteiger partial charge in [0.2, 0.25) is 0 Å². The van der Waals surface area contributed by atoms with Crippen molar-refractivity contribution < 1.29 is 14.9 Å². The maximum Gasteiger partial charge on any atom is 0.118 e. The maximum atomic E-state index is 9.97. The van der Waals surface area contributed by atoms with E-state index >= 15 is 0 Å². The van der Waals surface area contributed by atoms with Crippen LogP contribution in [0.5, 0.6) is 5.75 Å². The number of aliphatic hydroxyl groups is 2. The average Bonchev–Trinajstić information content (AvgIpc) is 2.68. The molecule has 1 saturated carbocycles. The smallest absolute Gasteiger partial charge is 0.118 e. The van der Waals surface area contributed by atoms with E-state index in [2.05, 4.69) is 10.0 Å². The fourth-order valence-electron chi connectivity index (χ4n) is 2.37. The molecule has 0 saturated heterocycles. The molecule has 4 atom stereocenters. The zero-order chi connectivity index (χ0) is 13.1. The molecule has 18 heavy (non-hydrogen) atoms. The Morgan fingerprint density at radius 3 is 2.50 bits per heavy atom. The topological polar surface area (TPSA) is 98.5 Å². The van der Waals surface area contributed by atoms with Gasteiger partial charge < -0.3 is 14.9 Å². The minimum atomic E-state index is -1.01. The predicted molar refractivity (Wildman–Crippen MR) is 65.3 cm³/mol. The highest BCUT2D eigenvalue weighted by atomic mass is 16.5. The van der Waals surface area contributed by atoms with Crippen LogP contribution in [0.25, 0.3) is 10.4 Å². The molecule has 6 heteroatoms. The molecule has 1 aromatic carbocycles. The largest absolute Gasteiger partial charge is 0.497 e. The van der Waals surface area contributed by atoms with E-state index < -0.39 is 18.2 Å². The number of azide groups is 1. The average molecular weight is 249 g/mol. The van der Waals surface area contributed by atoms with Gasteiger partial charge in [-0.15, -0.1) is 0 Å². The van der Waals surface area contributed by atoms with Crippen molar-refractivity contribution in [3.05, 3.63) is 40.3 Å². The number of methoxy groups -OCH3 is 1. The number of aliphatic hydroxyl groups excluding tert-OH is 2. The fraction of sp³-hybridized carbons (Fsp3) is 0.500. The van der Waals surface area contributed by atoms with Crippen LogP contribution in [0.2, 0.25) is 0 Å². The molecule has 0 radical (unpaired) electrons. The van der Waals surface area contributed by atoms with Crippen molar-refractivity contribution >= 4 is 0 Å². The fourth-order valence-corrected chi connectivity index (χ4v) is 2.37.